The molecule has 0 radical (unpaired) electrons. The van der Waals surface area contributed by atoms with Crippen LogP contribution < -0.4 is 4.74 Å². The molecule has 3 nitrogen and oxygen atoms in total. The maximum absolute atomic E-state index is 14.8. The molecule has 0 amide bonds. The van der Waals surface area contributed by atoms with E-state index >= 15 is 0 Å². The Labute approximate surface area is 215 Å². The van der Waals surface area contributed by atoms with E-state index in [1.54, 1.807) is 0 Å². The Bertz CT molecular complexity index is 1260. The molecule has 0 spiro atoms. The molecule has 0 saturated carbocycles. The van der Waals surface area contributed by atoms with Gasteiger partial charge in [0.15, 0.2) is 0 Å². The van der Waals surface area contributed by atoms with E-state index in [-0.39, 0.29) is 28.2 Å². The molecule has 2 atom stereocenters. The summed E-state index contributed by atoms with van der Waals surface area (Å²) in [6, 6.07) is 5.75. The largest absolute Gasteiger partial charge is 0.432 e. The molecule has 0 aromatic heterocycles. The van der Waals surface area contributed by atoms with Crippen molar-refractivity contribution in [3.05, 3.63) is 88.2 Å². The second-order valence-corrected chi connectivity index (χ2v) is 9.11. The molecule has 0 bridgehead atoms. The minimum Gasteiger partial charge on any atom is -0.429 e. The van der Waals surface area contributed by atoms with E-state index in [2.05, 4.69) is 4.74 Å². The van der Waals surface area contributed by atoms with Gasteiger partial charge in [-0.1, -0.05) is 0 Å². The van der Waals surface area contributed by atoms with Crippen LogP contribution in [0.3, 0.4) is 0 Å². The fraction of sp³-hybridized carbons (Fsp3) is 0.357. The second-order valence-electron chi connectivity index (χ2n) is 9.11. The van der Waals surface area contributed by atoms with Crippen LogP contribution in [-0.2, 0) is 15.6 Å². The summed E-state index contributed by atoms with van der Waals surface area (Å²) in [6.07, 6.45) is -4.06. The van der Waals surface area contributed by atoms with Crippen molar-refractivity contribution in [2.24, 2.45) is 5.92 Å². The van der Waals surface area contributed by atoms with E-state index in [9.17, 15) is 30.7 Å². The second kappa shape index (κ2) is 11.3. The van der Waals surface area contributed by atoms with Gasteiger partial charge in [0.1, 0.15) is 40.4 Å². The highest BCUT2D eigenvalue weighted by atomic mass is 19.3. The van der Waals surface area contributed by atoms with Crippen LogP contribution in [0.1, 0.15) is 42.6 Å². The fourth-order valence-corrected chi connectivity index (χ4v) is 4.33. The van der Waals surface area contributed by atoms with Gasteiger partial charge >= 0.3 is 6.11 Å². The summed E-state index contributed by atoms with van der Waals surface area (Å²) in [7, 11) is 0. The third kappa shape index (κ3) is 5.96. The number of rotatable bonds is 8. The van der Waals surface area contributed by atoms with Gasteiger partial charge < -0.3 is 14.2 Å². The van der Waals surface area contributed by atoms with Crippen LogP contribution in [0.4, 0.5) is 30.7 Å². The van der Waals surface area contributed by atoms with Crippen molar-refractivity contribution in [1.82, 2.24) is 0 Å². The average molecular weight is 542 g/mol. The predicted molar refractivity (Wildman–Crippen MR) is 125 cm³/mol. The fourth-order valence-electron chi connectivity index (χ4n) is 4.33. The van der Waals surface area contributed by atoms with E-state index in [4.69, 9.17) is 9.47 Å². The standard InChI is InChI=1S/C28H25F7O3/c1-3-36-13-16-4-7-26(37-14-16)18-10-24(32)27(25(33)11-18)28(34,35)38-19-5-6-20(23(31)12-19)17-8-21(29)15(2)22(30)9-17/h5-6,8-12,16,26H,3-4,7,13-14H2,1-2H3. The molecule has 0 N–H and O–H groups in total. The molecule has 1 heterocycles. The Morgan fingerprint density at radius 2 is 1.53 bits per heavy atom. The summed E-state index contributed by atoms with van der Waals surface area (Å²) < 4.78 is 117. The number of ether oxygens (including phenoxy) is 3. The SMILES string of the molecule is CCOCC1CCC(c2cc(F)c(C(F)(F)Oc3ccc(-c4cc(F)c(C)c(F)c4)c(F)c3)c(F)c2)OC1. The highest BCUT2D eigenvalue weighted by molar-refractivity contribution is 5.65. The van der Waals surface area contributed by atoms with Gasteiger partial charge in [0.25, 0.3) is 0 Å². The smallest absolute Gasteiger partial charge is 0.429 e. The Balaban J connectivity index is 1.52. The Kier molecular flexibility index (Phi) is 8.32. The van der Waals surface area contributed by atoms with Gasteiger partial charge in [0, 0.05) is 29.7 Å². The van der Waals surface area contributed by atoms with Crippen molar-refractivity contribution >= 4 is 0 Å². The molecule has 3 aromatic carbocycles. The van der Waals surface area contributed by atoms with Crippen LogP contribution in [0.25, 0.3) is 11.1 Å². The molecule has 204 valence electrons. The zero-order chi connectivity index (χ0) is 27.6. The number of hydrogen-bond acceptors (Lipinski definition) is 3. The quantitative estimate of drug-likeness (QED) is 0.270. The highest BCUT2D eigenvalue weighted by Gasteiger charge is 2.42. The first kappa shape index (κ1) is 27.9. The molecule has 10 heteroatoms. The monoisotopic (exact) mass is 542 g/mol. The van der Waals surface area contributed by atoms with E-state index < -0.39 is 52.6 Å². The Hall–Kier alpha value is -3.11. The lowest BCUT2D eigenvalue weighted by molar-refractivity contribution is -0.189. The summed E-state index contributed by atoms with van der Waals surface area (Å²) in [6.45, 7) is 4.42. The Morgan fingerprint density at radius 3 is 2.08 bits per heavy atom. The van der Waals surface area contributed by atoms with Crippen LogP contribution in [0.5, 0.6) is 5.75 Å². The number of hydrogen-bond donors (Lipinski definition) is 0. The lowest BCUT2D eigenvalue weighted by Gasteiger charge is -2.29. The summed E-state index contributed by atoms with van der Waals surface area (Å²) in [5.74, 6) is -6.67. The van der Waals surface area contributed by atoms with Gasteiger partial charge in [-0.15, -0.1) is 0 Å². The summed E-state index contributed by atoms with van der Waals surface area (Å²) in [4.78, 5) is 0. The van der Waals surface area contributed by atoms with Crippen LogP contribution in [0.2, 0.25) is 0 Å². The molecule has 1 fully saturated rings. The predicted octanol–water partition coefficient (Wildman–Crippen LogP) is 7.99. The number of halogens is 7. The number of benzene rings is 3. The van der Waals surface area contributed by atoms with Crippen molar-refractivity contribution in [3.63, 3.8) is 0 Å². The minimum absolute atomic E-state index is 0.0716. The average Bonchev–Trinajstić information content (AvgIpc) is 2.85. The maximum Gasteiger partial charge on any atom is 0.432 e. The summed E-state index contributed by atoms with van der Waals surface area (Å²) in [5.41, 5.74) is -2.27. The zero-order valence-corrected chi connectivity index (χ0v) is 20.6. The van der Waals surface area contributed by atoms with E-state index in [1.807, 2.05) is 6.92 Å². The van der Waals surface area contributed by atoms with E-state index in [0.29, 0.717) is 38.7 Å². The van der Waals surface area contributed by atoms with Crippen molar-refractivity contribution < 1.29 is 44.9 Å². The van der Waals surface area contributed by atoms with Crippen LogP contribution >= 0.6 is 0 Å². The third-order valence-electron chi connectivity index (χ3n) is 6.43. The van der Waals surface area contributed by atoms with Gasteiger partial charge in [0.2, 0.25) is 0 Å². The van der Waals surface area contributed by atoms with Crippen LogP contribution in [0, 0.1) is 41.9 Å². The van der Waals surface area contributed by atoms with Gasteiger partial charge in [-0.2, -0.15) is 8.78 Å². The first-order chi connectivity index (χ1) is 18.0. The lowest BCUT2D eigenvalue weighted by Crippen LogP contribution is -2.27. The summed E-state index contributed by atoms with van der Waals surface area (Å²) in [5, 5.41) is 0. The third-order valence-corrected chi connectivity index (χ3v) is 6.43. The van der Waals surface area contributed by atoms with Gasteiger partial charge in [-0.3, -0.25) is 0 Å². The maximum atomic E-state index is 14.8. The molecule has 0 aliphatic carbocycles. The molecular weight excluding hydrogens is 517 g/mol. The van der Waals surface area contributed by atoms with Gasteiger partial charge in [-0.25, -0.2) is 22.0 Å². The zero-order valence-electron chi connectivity index (χ0n) is 20.6. The molecule has 1 aliphatic heterocycles. The molecule has 3 aromatic rings. The molecule has 38 heavy (non-hydrogen) atoms. The van der Waals surface area contributed by atoms with E-state index in [0.717, 1.165) is 36.4 Å². The first-order valence-corrected chi connectivity index (χ1v) is 12.0. The first-order valence-electron chi connectivity index (χ1n) is 12.0. The molecule has 1 saturated heterocycles. The highest BCUT2D eigenvalue weighted by Crippen LogP contribution is 2.39. The number of alkyl halides is 2. The molecule has 2 unspecified atom stereocenters. The van der Waals surface area contributed by atoms with Crippen molar-refractivity contribution in [2.45, 2.75) is 38.9 Å². The van der Waals surface area contributed by atoms with Gasteiger partial charge in [0.05, 0.1) is 19.3 Å². The summed E-state index contributed by atoms with van der Waals surface area (Å²) >= 11 is 0. The lowest BCUT2D eigenvalue weighted by atomic mass is 9.94. The van der Waals surface area contributed by atoms with Crippen LogP contribution in [0.15, 0.2) is 42.5 Å². The molecular formula is C28H25F7O3. The Morgan fingerprint density at radius 1 is 0.868 bits per heavy atom. The minimum atomic E-state index is -4.50. The van der Waals surface area contributed by atoms with Gasteiger partial charge in [-0.05, 0) is 74.2 Å². The van der Waals surface area contributed by atoms with Crippen molar-refractivity contribution in [1.29, 1.82) is 0 Å². The molecule has 1 aliphatic rings. The molecule has 4 rings (SSSR count). The van der Waals surface area contributed by atoms with Crippen molar-refractivity contribution in [3.8, 4) is 16.9 Å². The van der Waals surface area contributed by atoms with Crippen molar-refractivity contribution in [2.75, 3.05) is 19.8 Å². The topological polar surface area (TPSA) is 27.7 Å². The van der Waals surface area contributed by atoms with Crippen LogP contribution in [-0.4, -0.2) is 19.8 Å². The van der Waals surface area contributed by atoms with E-state index in [1.165, 1.54) is 6.92 Å². The normalized spacial score (nSPS) is 18.0.